The van der Waals surface area contributed by atoms with Crippen LogP contribution >= 0.6 is 0 Å². The number of anilines is 2. The van der Waals surface area contributed by atoms with Gasteiger partial charge in [0.2, 0.25) is 5.91 Å². The van der Waals surface area contributed by atoms with Gasteiger partial charge < -0.3 is 29.1 Å². The molecule has 2 fully saturated rings. The lowest BCUT2D eigenvalue weighted by Crippen LogP contribution is -2.55. The lowest BCUT2D eigenvalue weighted by molar-refractivity contribution is -0.129. The van der Waals surface area contributed by atoms with Crippen molar-refractivity contribution in [2.24, 2.45) is 0 Å². The summed E-state index contributed by atoms with van der Waals surface area (Å²) in [5.41, 5.74) is 3.43. The number of likely N-dealkylation sites (N-methyl/N-ethyl adjacent to an activating group) is 1. The molecule has 2 saturated heterocycles. The molecule has 9 heteroatoms. The number of likely N-dealkylation sites (tertiary alicyclic amines) is 1. The van der Waals surface area contributed by atoms with Gasteiger partial charge in [-0.25, -0.2) is 0 Å². The van der Waals surface area contributed by atoms with E-state index in [4.69, 9.17) is 19.4 Å². The van der Waals surface area contributed by atoms with Crippen LogP contribution in [0, 0.1) is 0 Å². The van der Waals surface area contributed by atoms with Gasteiger partial charge in [-0.1, -0.05) is 43.0 Å². The van der Waals surface area contributed by atoms with Crippen LogP contribution in [0.25, 0.3) is 10.8 Å². The van der Waals surface area contributed by atoms with Crippen molar-refractivity contribution in [1.82, 2.24) is 19.8 Å². The fourth-order valence-electron chi connectivity index (χ4n) is 6.72. The van der Waals surface area contributed by atoms with Crippen LogP contribution in [-0.4, -0.2) is 97.9 Å². The lowest BCUT2D eigenvalue weighted by Gasteiger charge is -2.43. The fraction of sp³-hybridized carbons (Fsp3) is 0.485. The first-order chi connectivity index (χ1) is 20.6. The maximum absolute atomic E-state index is 12.7. The predicted octanol–water partition coefficient (Wildman–Crippen LogP) is 3.91. The molecule has 3 aromatic rings. The molecule has 2 aromatic carbocycles. The third kappa shape index (κ3) is 5.80. The summed E-state index contributed by atoms with van der Waals surface area (Å²) in [4.78, 5) is 31.8. The second-order valence-electron chi connectivity index (χ2n) is 11.6. The number of hydrogen-bond acceptors (Lipinski definition) is 8. The summed E-state index contributed by atoms with van der Waals surface area (Å²) in [5, 5.41) is 2.49. The smallest absolute Gasteiger partial charge is 0.318 e. The van der Waals surface area contributed by atoms with E-state index < -0.39 is 0 Å². The van der Waals surface area contributed by atoms with Gasteiger partial charge in [0.25, 0.3) is 0 Å². The average molecular weight is 571 g/mol. The maximum atomic E-state index is 12.7. The van der Waals surface area contributed by atoms with Crippen LogP contribution in [0.5, 0.6) is 6.01 Å². The standard InChI is InChI=1S/C33H42N6O3/c1-4-31(40)39-19-18-38(21-25(39)15-20-41-3)32-28-14-17-37(30-13-7-10-24-9-5-6-12-27(24)30)22-29(28)34-33(35-32)42-23-26-11-8-16-36(26)2/h4-7,9-10,12-13,25-26H,1,8,11,14-23H2,2-3H3/t25-,26-/m0/s1. The molecule has 6 rings (SSSR count). The van der Waals surface area contributed by atoms with Crippen LogP contribution in [0.1, 0.15) is 30.5 Å². The van der Waals surface area contributed by atoms with Crippen molar-refractivity contribution in [3.63, 3.8) is 0 Å². The summed E-state index contributed by atoms with van der Waals surface area (Å²) >= 11 is 0. The molecule has 0 bridgehead atoms. The fourth-order valence-corrected chi connectivity index (χ4v) is 6.72. The average Bonchev–Trinajstić information content (AvgIpc) is 3.45. The molecule has 0 unspecified atom stereocenters. The number of carbonyl (C=O) groups excluding carboxylic acids is 1. The minimum Gasteiger partial charge on any atom is -0.462 e. The number of fused-ring (bicyclic) bond motifs is 2. The van der Waals surface area contributed by atoms with E-state index in [1.807, 2.05) is 4.90 Å². The zero-order chi connectivity index (χ0) is 29.1. The van der Waals surface area contributed by atoms with Gasteiger partial charge in [0, 0.05) is 62.6 Å². The van der Waals surface area contributed by atoms with Gasteiger partial charge in [-0.2, -0.15) is 9.97 Å². The van der Waals surface area contributed by atoms with E-state index >= 15 is 0 Å². The van der Waals surface area contributed by atoms with Crippen molar-refractivity contribution >= 4 is 28.2 Å². The molecule has 3 aliphatic rings. The number of methoxy groups -OCH3 is 1. The van der Waals surface area contributed by atoms with Crippen molar-refractivity contribution < 1.29 is 14.3 Å². The first kappa shape index (κ1) is 28.4. The molecule has 42 heavy (non-hydrogen) atoms. The second-order valence-corrected chi connectivity index (χ2v) is 11.6. The van der Waals surface area contributed by atoms with Crippen molar-refractivity contribution in [1.29, 1.82) is 0 Å². The lowest BCUT2D eigenvalue weighted by atomic mass is 10.0. The third-order valence-corrected chi connectivity index (χ3v) is 9.10. The van der Waals surface area contributed by atoms with E-state index in [1.54, 1.807) is 7.11 Å². The van der Waals surface area contributed by atoms with Gasteiger partial charge in [0.15, 0.2) is 0 Å². The second kappa shape index (κ2) is 12.7. The summed E-state index contributed by atoms with van der Waals surface area (Å²) in [6.07, 6.45) is 5.33. The highest BCUT2D eigenvalue weighted by Gasteiger charge is 2.33. The summed E-state index contributed by atoms with van der Waals surface area (Å²) in [6, 6.07) is 15.9. The number of carbonyl (C=O) groups is 1. The highest BCUT2D eigenvalue weighted by Crippen LogP contribution is 2.35. The molecule has 1 aromatic heterocycles. The van der Waals surface area contributed by atoms with E-state index in [2.05, 4.69) is 70.8 Å². The number of amides is 1. The molecule has 0 spiro atoms. The SMILES string of the molecule is C=CC(=O)N1CCN(c2nc(OC[C@@H]3CCCN3C)nc3c2CCN(c2cccc4ccccc24)C3)C[C@@H]1CCOC. The predicted molar refractivity (Wildman–Crippen MR) is 166 cm³/mol. The third-order valence-electron chi connectivity index (χ3n) is 9.10. The van der Waals surface area contributed by atoms with Crippen molar-refractivity contribution in [2.45, 2.75) is 44.3 Å². The monoisotopic (exact) mass is 570 g/mol. The number of ether oxygens (including phenoxy) is 2. The number of piperazine rings is 1. The number of benzene rings is 2. The molecule has 0 aliphatic carbocycles. The molecular weight excluding hydrogens is 528 g/mol. The first-order valence-corrected chi connectivity index (χ1v) is 15.2. The highest BCUT2D eigenvalue weighted by atomic mass is 16.5. The normalized spacial score (nSPS) is 21.0. The van der Waals surface area contributed by atoms with Gasteiger partial charge >= 0.3 is 6.01 Å². The molecule has 222 valence electrons. The van der Waals surface area contributed by atoms with Crippen LogP contribution in [0.3, 0.4) is 0 Å². The van der Waals surface area contributed by atoms with Crippen molar-refractivity contribution in [3.8, 4) is 6.01 Å². The molecule has 0 radical (unpaired) electrons. The topological polar surface area (TPSA) is 74.3 Å². The molecule has 2 atom stereocenters. The maximum Gasteiger partial charge on any atom is 0.318 e. The Bertz CT molecular complexity index is 1420. The van der Waals surface area contributed by atoms with Crippen molar-refractivity contribution in [3.05, 3.63) is 66.4 Å². The van der Waals surface area contributed by atoms with Gasteiger partial charge in [0.05, 0.1) is 18.3 Å². The molecule has 1 amide bonds. The molecule has 0 saturated carbocycles. The van der Waals surface area contributed by atoms with Crippen LogP contribution in [0.4, 0.5) is 11.5 Å². The van der Waals surface area contributed by atoms with Crippen molar-refractivity contribution in [2.75, 3.05) is 69.9 Å². The summed E-state index contributed by atoms with van der Waals surface area (Å²) in [5.74, 6) is 0.913. The van der Waals surface area contributed by atoms with E-state index in [0.717, 1.165) is 43.9 Å². The van der Waals surface area contributed by atoms with E-state index in [-0.39, 0.29) is 11.9 Å². The Morgan fingerprint density at radius 1 is 1.05 bits per heavy atom. The van der Waals surface area contributed by atoms with Crippen LogP contribution < -0.4 is 14.5 Å². The number of hydrogen-bond donors (Lipinski definition) is 0. The molecular formula is C33H42N6O3. The Kier molecular flexibility index (Phi) is 8.58. The summed E-state index contributed by atoms with van der Waals surface area (Å²) in [7, 11) is 3.86. The Morgan fingerprint density at radius 3 is 2.71 bits per heavy atom. The van der Waals surface area contributed by atoms with Gasteiger partial charge in [-0.3, -0.25) is 4.79 Å². The molecule has 4 heterocycles. The number of rotatable bonds is 9. The molecule has 9 nitrogen and oxygen atoms in total. The summed E-state index contributed by atoms with van der Waals surface area (Å²) < 4.78 is 11.7. The molecule has 3 aliphatic heterocycles. The Hall–Kier alpha value is -3.69. The highest BCUT2D eigenvalue weighted by molar-refractivity contribution is 5.94. The van der Waals surface area contributed by atoms with Gasteiger partial charge in [-0.15, -0.1) is 0 Å². The van der Waals surface area contributed by atoms with Gasteiger partial charge in [0.1, 0.15) is 12.4 Å². The van der Waals surface area contributed by atoms with Crippen LogP contribution in [-0.2, 0) is 22.5 Å². The van der Waals surface area contributed by atoms with Gasteiger partial charge in [-0.05, 0) is 56.8 Å². The summed E-state index contributed by atoms with van der Waals surface area (Å²) in [6.45, 7) is 9.57. The van der Waals surface area contributed by atoms with E-state index in [9.17, 15) is 4.79 Å². The van der Waals surface area contributed by atoms with Crippen LogP contribution in [0.2, 0.25) is 0 Å². The van der Waals surface area contributed by atoms with E-state index in [0.29, 0.717) is 51.4 Å². The minimum absolute atomic E-state index is 0.0158. The van der Waals surface area contributed by atoms with E-state index in [1.165, 1.54) is 34.5 Å². The first-order valence-electron chi connectivity index (χ1n) is 15.2. The Balaban J connectivity index is 1.32. The Labute approximate surface area is 248 Å². The van der Waals surface area contributed by atoms with Crippen LogP contribution in [0.15, 0.2) is 55.1 Å². The zero-order valence-corrected chi connectivity index (χ0v) is 24.9. The zero-order valence-electron chi connectivity index (χ0n) is 24.9. The quantitative estimate of drug-likeness (QED) is 0.359. The number of aromatic nitrogens is 2. The molecule has 0 N–H and O–H groups in total. The minimum atomic E-state index is -0.0316. The number of nitrogens with zero attached hydrogens (tertiary/aromatic N) is 6. The largest absolute Gasteiger partial charge is 0.462 e. The Morgan fingerprint density at radius 2 is 1.90 bits per heavy atom.